The lowest BCUT2D eigenvalue weighted by Crippen LogP contribution is -2.22. The first-order chi connectivity index (χ1) is 5.12. The summed E-state index contributed by atoms with van der Waals surface area (Å²) in [7, 11) is 1.95. The highest BCUT2D eigenvalue weighted by atomic mass is 15.3. The lowest BCUT2D eigenvalue weighted by atomic mass is 10.2. The Morgan fingerprint density at radius 2 is 2.27 bits per heavy atom. The zero-order chi connectivity index (χ0) is 8.06. The maximum absolute atomic E-state index is 6.02. The van der Waals surface area contributed by atoms with Gasteiger partial charge in [0.1, 0.15) is 0 Å². The highest BCUT2D eigenvalue weighted by molar-refractivity contribution is 5.24. The van der Waals surface area contributed by atoms with Crippen LogP contribution in [-0.4, -0.2) is 9.78 Å². The first kappa shape index (κ1) is 6.85. The van der Waals surface area contributed by atoms with Gasteiger partial charge in [-0.15, -0.1) is 0 Å². The molecule has 3 heteroatoms. The van der Waals surface area contributed by atoms with E-state index in [9.17, 15) is 0 Å². The van der Waals surface area contributed by atoms with E-state index in [-0.39, 0.29) is 5.54 Å². The highest BCUT2D eigenvalue weighted by Gasteiger charge is 2.42. The molecule has 0 aliphatic heterocycles. The van der Waals surface area contributed by atoms with E-state index >= 15 is 0 Å². The van der Waals surface area contributed by atoms with Crippen LogP contribution in [0.5, 0.6) is 0 Å². The minimum Gasteiger partial charge on any atom is -0.320 e. The van der Waals surface area contributed by atoms with E-state index in [0.717, 1.165) is 18.5 Å². The van der Waals surface area contributed by atoms with Crippen LogP contribution in [0.3, 0.4) is 0 Å². The molecule has 0 radical (unpaired) electrons. The van der Waals surface area contributed by atoms with Gasteiger partial charge in [0.05, 0.1) is 16.9 Å². The van der Waals surface area contributed by atoms with Gasteiger partial charge < -0.3 is 5.73 Å². The summed E-state index contributed by atoms with van der Waals surface area (Å²) in [5.74, 6) is 0. The number of aromatic nitrogens is 2. The van der Waals surface area contributed by atoms with Crippen molar-refractivity contribution in [3.63, 3.8) is 0 Å². The number of aryl methyl sites for hydroxylation is 2. The number of nitrogens with zero attached hydrogens (tertiary/aromatic N) is 2. The van der Waals surface area contributed by atoms with Gasteiger partial charge in [0.25, 0.3) is 0 Å². The monoisotopic (exact) mass is 151 g/mol. The summed E-state index contributed by atoms with van der Waals surface area (Å²) >= 11 is 0. The molecule has 0 unspecified atom stereocenters. The van der Waals surface area contributed by atoms with Gasteiger partial charge in [0, 0.05) is 7.05 Å². The van der Waals surface area contributed by atoms with Crippen molar-refractivity contribution in [1.82, 2.24) is 9.78 Å². The van der Waals surface area contributed by atoms with E-state index in [0.29, 0.717) is 0 Å². The van der Waals surface area contributed by atoms with E-state index in [2.05, 4.69) is 11.2 Å². The van der Waals surface area contributed by atoms with Crippen LogP contribution in [-0.2, 0) is 12.6 Å². The summed E-state index contributed by atoms with van der Waals surface area (Å²) in [5.41, 5.74) is 8.21. The molecule has 11 heavy (non-hydrogen) atoms. The minimum absolute atomic E-state index is 0.0456. The molecule has 1 fully saturated rings. The van der Waals surface area contributed by atoms with Gasteiger partial charge in [-0.2, -0.15) is 5.10 Å². The highest BCUT2D eigenvalue weighted by Crippen LogP contribution is 2.42. The molecule has 0 atom stereocenters. The van der Waals surface area contributed by atoms with Crippen LogP contribution in [0.25, 0.3) is 0 Å². The summed E-state index contributed by atoms with van der Waals surface area (Å²) in [6.07, 6.45) is 2.21. The van der Waals surface area contributed by atoms with Gasteiger partial charge >= 0.3 is 0 Å². The first-order valence-corrected chi connectivity index (χ1v) is 3.92. The molecule has 3 nitrogen and oxygen atoms in total. The van der Waals surface area contributed by atoms with E-state index in [1.54, 1.807) is 0 Å². The lowest BCUT2D eigenvalue weighted by molar-refractivity contribution is 0.613. The van der Waals surface area contributed by atoms with Crippen LogP contribution in [0.1, 0.15) is 24.2 Å². The van der Waals surface area contributed by atoms with E-state index in [1.807, 2.05) is 18.7 Å². The minimum atomic E-state index is -0.0456. The second-order valence-electron chi connectivity index (χ2n) is 3.45. The molecule has 1 aromatic rings. The Labute approximate surface area is 66.2 Å². The Bertz CT molecular complexity index is 284. The Morgan fingerprint density at radius 1 is 1.64 bits per heavy atom. The van der Waals surface area contributed by atoms with E-state index < -0.39 is 0 Å². The summed E-state index contributed by atoms with van der Waals surface area (Å²) in [4.78, 5) is 0. The van der Waals surface area contributed by atoms with Crippen molar-refractivity contribution in [1.29, 1.82) is 0 Å². The molecule has 1 aliphatic rings. The molecule has 0 amide bonds. The fourth-order valence-corrected chi connectivity index (χ4v) is 1.47. The smallest absolute Gasteiger partial charge is 0.0597 e. The average molecular weight is 151 g/mol. The van der Waals surface area contributed by atoms with Crippen LogP contribution in [0.4, 0.5) is 0 Å². The van der Waals surface area contributed by atoms with Crippen LogP contribution < -0.4 is 5.73 Å². The molecule has 1 heterocycles. The molecule has 0 saturated heterocycles. The van der Waals surface area contributed by atoms with Crippen molar-refractivity contribution in [2.75, 3.05) is 0 Å². The Kier molecular flexibility index (Phi) is 1.16. The molecule has 1 saturated carbocycles. The predicted octanol–water partition coefficient (Wildman–Crippen LogP) is 0.676. The third-order valence-electron chi connectivity index (χ3n) is 2.30. The van der Waals surface area contributed by atoms with E-state index in [4.69, 9.17) is 5.73 Å². The molecular weight excluding hydrogens is 138 g/mol. The zero-order valence-electron chi connectivity index (χ0n) is 6.96. The van der Waals surface area contributed by atoms with Gasteiger partial charge in [-0.25, -0.2) is 0 Å². The summed E-state index contributed by atoms with van der Waals surface area (Å²) in [6, 6.07) is 2.08. The van der Waals surface area contributed by atoms with Crippen LogP contribution in [0, 0.1) is 6.92 Å². The number of hydrogen-bond acceptors (Lipinski definition) is 2. The van der Waals surface area contributed by atoms with Gasteiger partial charge in [0.2, 0.25) is 0 Å². The number of rotatable bonds is 1. The maximum Gasteiger partial charge on any atom is 0.0597 e. The van der Waals surface area contributed by atoms with Crippen molar-refractivity contribution in [2.45, 2.75) is 25.3 Å². The van der Waals surface area contributed by atoms with Crippen molar-refractivity contribution in [3.05, 3.63) is 17.5 Å². The molecule has 0 bridgehead atoms. The third-order valence-corrected chi connectivity index (χ3v) is 2.30. The van der Waals surface area contributed by atoms with Crippen molar-refractivity contribution < 1.29 is 0 Å². The molecule has 0 aromatic carbocycles. The topological polar surface area (TPSA) is 43.8 Å². The Balaban J connectivity index is 2.44. The van der Waals surface area contributed by atoms with Gasteiger partial charge in [-0.1, -0.05) is 0 Å². The maximum atomic E-state index is 6.02. The second kappa shape index (κ2) is 1.85. The van der Waals surface area contributed by atoms with Crippen LogP contribution in [0.15, 0.2) is 6.07 Å². The molecule has 60 valence electrons. The molecule has 1 aromatic heterocycles. The zero-order valence-corrected chi connectivity index (χ0v) is 6.96. The van der Waals surface area contributed by atoms with Gasteiger partial charge in [-0.05, 0) is 25.8 Å². The summed E-state index contributed by atoms with van der Waals surface area (Å²) in [6.45, 7) is 2.00. The largest absolute Gasteiger partial charge is 0.320 e. The normalized spacial score (nSPS) is 20.3. The van der Waals surface area contributed by atoms with Crippen molar-refractivity contribution in [2.24, 2.45) is 12.8 Å². The van der Waals surface area contributed by atoms with Crippen molar-refractivity contribution in [3.8, 4) is 0 Å². The van der Waals surface area contributed by atoms with E-state index in [1.165, 1.54) is 5.69 Å². The van der Waals surface area contributed by atoms with Crippen molar-refractivity contribution >= 4 is 0 Å². The second-order valence-corrected chi connectivity index (χ2v) is 3.45. The Hall–Kier alpha value is -0.830. The summed E-state index contributed by atoms with van der Waals surface area (Å²) in [5, 5.41) is 4.25. The SMILES string of the molecule is Cc1cc(C2(N)CC2)n(C)n1. The van der Waals surface area contributed by atoms with Crippen LogP contribution >= 0.6 is 0 Å². The number of hydrogen-bond donors (Lipinski definition) is 1. The van der Waals surface area contributed by atoms with Gasteiger partial charge in [-0.3, -0.25) is 4.68 Å². The molecule has 2 N–H and O–H groups in total. The lowest BCUT2D eigenvalue weighted by Gasteiger charge is -2.07. The Morgan fingerprint density at radius 3 is 2.64 bits per heavy atom. The predicted molar refractivity (Wildman–Crippen MR) is 43.0 cm³/mol. The standard InChI is InChI=1S/C8H13N3/c1-6-5-7(11(2)10-6)8(9)3-4-8/h5H,3-4,9H2,1-2H3. The molecule has 1 aliphatic carbocycles. The average Bonchev–Trinajstić information content (AvgIpc) is 2.55. The van der Waals surface area contributed by atoms with Gasteiger partial charge in [0.15, 0.2) is 0 Å². The fraction of sp³-hybridized carbons (Fsp3) is 0.625. The third kappa shape index (κ3) is 0.959. The summed E-state index contributed by atoms with van der Waals surface area (Å²) < 4.78 is 1.89. The molecular formula is C8H13N3. The first-order valence-electron chi connectivity index (χ1n) is 3.92. The quantitative estimate of drug-likeness (QED) is 0.641. The van der Waals surface area contributed by atoms with Crippen LogP contribution in [0.2, 0.25) is 0 Å². The fourth-order valence-electron chi connectivity index (χ4n) is 1.47. The molecule has 0 spiro atoms. The molecule has 2 rings (SSSR count). The number of nitrogens with two attached hydrogens (primary N) is 1.